The van der Waals surface area contributed by atoms with Crippen molar-refractivity contribution in [3.05, 3.63) is 24.3 Å². The zero-order chi connectivity index (χ0) is 15.8. The Bertz CT molecular complexity index is 491. The van der Waals surface area contributed by atoms with E-state index in [1.807, 2.05) is 13.8 Å². The van der Waals surface area contributed by atoms with E-state index >= 15 is 0 Å². The summed E-state index contributed by atoms with van der Waals surface area (Å²) in [6.45, 7) is 4.42. The van der Waals surface area contributed by atoms with Gasteiger partial charge in [-0.2, -0.15) is 0 Å². The Hall–Kier alpha value is -2.28. The van der Waals surface area contributed by atoms with Crippen molar-refractivity contribution in [3.63, 3.8) is 0 Å². The second kappa shape index (κ2) is 8.11. The molecule has 0 aliphatic heterocycles. The Morgan fingerprint density at radius 2 is 2.10 bits per heavy atom. The molecule has 1 aromatic carbocycles. The van der Waals surface area contributed by atoms with Gasteiger partial charge in [0.15, 0.2) is 0 Å². The number of nitrogens with two attached hydrogens (primary N) is 1. The molecule has 0 aromatic heterocycles. The molecule has 0 fully saturated rings. The second-order valence-electron chi connectivity index (χ2n) is 4.99. The Morgan fingerprint density at radius 3 is 2.71 bits per heavy atom. The molecule has 7 nitrogen and oxygen atoms in total. The van der Waals surface area contributed by atoms with Gasteiger partial charge in [0, 0.05) is 11.8 Å². The van der Waals surface area contributed by atoms with Crippen molar-refractivity contribution in [2.24, 2.45) is 11.7 Å². The highest BCUT2D eigenvalue weighted by Crippen LogP contribution is 2.17. The van der Waals surface area contributed by atoms with E-state index in [2.05, 4.69) is 10.6 Å². The van der Waals surface area contributed by atoms with Gasteiger partial charge in [-0.05, 0) is 18.1 Å². The zero-order valence-electron chi connectivity index (χ0n) is 12.1. The molecule has 7 heteroatoms. The first kappa shape index (κ1) is 16.8. The van der Waals surface area contributed by atoms with Gasteiger partial charge in [0.2, 0.25) is 5.91 Å². The fourth-order valence-corrected chi connectivity index (χ4v) is 1.39. The summed E-state index contributed by atoms with van der Waals surface area (Å²) < 4.78 is 5.55. The molecule has 21 heavy (non-hydrogen) atoms. The zero-order valence-corrected chi connectivity index (χ0v) is 12.1. The Morgan fingerprint density at radius 1 is 1.38 bits per heavy atom. The predicted molar refractivity (Wildman–Crippen MR) is 79.0 cm³/mol. The molecule has 5 N–H and O–H groups in total. The fourth-order valence-electron chi connectivity index (χ4n) is 1.39. The monoisotopic (exact) mass is 295 g/mol. The molecule has 3 amide bonds. The van der Waals surface area contributed by atoms with Crippen molar-refractivity contribution in [1.82, 2.24) is 5.32 Å². The third kappa shape index (κ3) is 6.62. The number of urea groups is 1. The molecule has 0 heterocycles. The quantitative estimate of drug-likeness (QED) is 0.592. The highest BCUT2D eigenvalue weighted by atomic mass is 16.5. The van der Waals surface area contributed by atoms with Crippen molar-refractivity contribution < 1.29 is 19.4 Å². The van der Waals surface area contributed by atoms with E-state index in [4.69, 9.17) is 10.5 Å². The maximum absolute atomic E-state index is 11.6. The summed E-state index contributed by atoms with van der Waals surface area (Å²) in [4.78, 5) is 22.2. The van der Waals surface area contributed by atoms with Crippen LogP contribution < -0.4 is 21.1 Å². The third-order valence-corrected chi connectivity index (χ3v) is 2.46. The molecule has 0 spiro atoms. The lowest BCUT2D eigenvalue weighted by Crippen LogP contribution is -2.41. The second-order valence-corrected chi connectivity index (χ2v) is 4.99. The minimum atomic E-state index is -1.41. The van der Waals surface area contributed by atoms with E-state index < -0.39 is 18.0 Å². The highest BCUT2D eigenvalue weighted by Gasteiger charge is 2.12. The minimum absolute atomic E-state index is 0.245. The van der Waals surface area contributed by atoms with Crippen LogP contribution in [0.15, 0.2) is 24.3 Å². The van der Waals surface area contributed by atoms with Crippen LogP contribution in [0.1, 0.15) is 13.8 Å². The molecule has 116 valence electrons. The number of carbonyl (C=O) groups excluding carboxylic acids is 2. The van der Waals surface area contributed by atoms with Gasteiger partial charge in [0.25, 0.3) is 0 Å². The number of anilines is 1. The lowest BCUT2D eigenvalue weighted by Gasteiger charge is -2.12. The molecule has 1 aromatic rings. The van der Waals surface area contributed by atoms with Crippen molar-refractivity contribution >= 4 is 17.6 Å². The minimum Gasteiger partial charge on any atom is -0.493 e. The average Bonchev–Trinajstić information content (AvgIpc) is 2.42. The van der Waals surface area contributed by atoms with Gasteiger partial charge in [-0.3, -0.25) is 4.79 Å². The first-order valence-corrected chi connectivity index (χ1v) is 6.63. The number of carbonyl (C=O) groups is 2. The van der Waals surface area contributed by atoms with Crippen molar-refractivity contribution in [2.45, 2.75) is 20.0 Å². The van der Waals surface area contributed by atoms with Crippen LogP contribution in [0, 0.1) is 5.92 Å². The van der Waals surface area contributed by atoms with Crippen molar-refractivity contribution in [1.29, 1.82) is 0 Å². The lowest BCUT2D eigenvalue weighted by atomic mass is 10.2. The first-order valence-electron chi connectivity index (χ1n) is 6.63. The van der Waals surface area contributed by atoms with Crippen LogP contribution in [-0.4, -0.2) is 36.3 Å². The average molecular weight is 295 g/mol. The Labute approximate surface area is 123 Å². The maximum atomic E-state index is 11.6. The third-order valence-electron chi connectivity index (χ3n) is 2.46. The SMILES string of the molecule is CC(C)COc1cccc(NC(=O)NCC(O)C(N)=O)c1. The van der Waals surface area contributed by atoms with E-state index in [0.717, 1.165) is 0 Å². The number of hydrogen-bond donors (Lipinski definition) is 4. The van der Waals surface area contributed by atoms with Crippen molar-refractivity contribution in [3.8, 4) is 5.75 Å². The molecule has 0 saturated carbocycles. The Kier molecular flexibility index (Phi) is 6.48. The normalized spacial score (nSPS) is 11.8. The van der Waals surface area contributed by atoms with E-state index in [1.165, 1.54) is 0 Å². The number of nitrogens with one attached hydrogen (secondary N) is 2. The van der Waals surface area contributed by atoms with E-state index in [9.17, 15) is 14.7 Å². The van der Waals surface area contributed by atoms with Crippen molar-refractivity contribution in [2.75, 3.05) is 18.5 Å². The number of benzene rings is 1. The molecular weight excluding hydrogens is 274 g/mol. The van der Waals surface area contributed by atoms with Crippen LogP contribution in [-0.2, 0) is 4.79 Å². The molecular formula is C14H21N3O4. The number of rotatable bonds is 7. The largest absolute Gasteiger partial charge is 0.493 e. The summed E-state index contributed by atoms with van der Waals surface area (Å²) >= 11 is 0. The first-order chi connectivity index (χ1) is 9.88. The summed E-state index contributed by atoms with van der Waals surface area (Å²) in [5, 5.41) is 14.1. The summed E-state index contributed by atoms with van der Waals surface area (Å²) in [7, 11) is 0. The summed E-state index contributed by atoms with van der Waals surface area (Å²) in [5.41, 5.74) is 5.42. The molecule has 0 aliphatic rings. The van der Waals surface area contributed by atoms with Crippen LogP contribution in [0.25, 0.3) is 0 Å². The fraction of sp³-hybridized carbons (Fsp3) is 0.429. The van der Waals surface area contributed by atoms with E-state index in [0.29, 0.717) is 24.0 Å². The van der Waals surface area contributed by atoms with Gasteiger partial charge < -0.3 is 26.2 Å². The topological polar surface area (TPSA) is 114 Å². The van der Waals surface area contributed by atoms with Crippen LogP contribution in [0.3, 0.4) is 0 Å². The predicted octanol–water partition coefficient (Wildman–Crippen LogP) is 0.689. The van der Waals surface area contributed by atoms with Gasteiger partial charge >= 0.3 is 6.03 Å². The number of primary amides is 1. The lowest BCUT2D eigenvalue weighted by molar-refractivity contribution is -0.125. The van der Waals surface area contributed by atoms with Gasteiger partial charge in [-0.25, -0.2) is 4.79 Å². The van der Waals surface area contributed by atoms with E-state index in [-0.39, 0.29) is 6.54 Å². The molecule has 0 radical (unpaired) electrons. The van der Waals surface area contributed by atoms with Crippen LogP contribution >= 0.6 is 0 Å². The number of hydrogen-bond acceptors (Lipinski definition) is 4. The van der Waals surface area contributed by atoms with Crippen LogP contribution in [0.2, 0.25) is 0 Å². The van der Waals surface area contributed by atoms with Gasteiger partial charge in [0.1, 0.15) is 11.9 Å². The summed E-state index contributed by atoms with van der Waals surface area (Å²) in [6.07, 6.45) is -1.41. The highest BCUT2D eigenvalue weighted by molar-refractivity contribution is 5.90. The molecule has 0 bridgehead atoms. The maximum Gasteiger partial charge on any atom is 0.319 e. The molecule has 1 rings (SSSR count). The molecule has 0 saturated heterocycles. The molecule has 0 aliphatic carbocycles. The number of aliphatic hydroxyl groups is 1. The smallest absolute Gasteiger partial charge is 0.319 e. The van der Waals surface area contributed by atoms with Crippen LogP contribution in [0.4, 0.5) is 10.5 Å². The number of aliphatic hydroxyl groups excluding tert-OH is 1. The number of amides is 3. The standard InChI is InChI=1S/C14H21N3O4/c1-9(2)8-21-11-5-3-4-10(6-11)17-14(20)16-7-12(18)13(15)19/h3-6,9,12,18H,7-8H2,1-2H3,(H2,15,19)(H2,16,17,20). The van der Waals surface area contributed by atoms with Gasteiger partial charge in [0.05, 0.1) is 13.2 Å². The Balaban J connectivity index is 2.48. The summed E-state index contributed by atoms with van der Waals surface area (Å²) in [5.74, 6) is 0.165. The van der Waals surface area contributed by atoms with Crippen LogP contribution in [0.5, 0.6) is 5.75 Å². The van der Waals surface area contributed by atoms with Gasteiger partial charge in [-0.15, -0.1) is 0 Å². The summed E-state index contributed by atoms with van der Waals surface area (Å²) in [6, 6.07) is 6.39. The molecule has 1 unspecified atom stereocenters. The van der Waals surface area contributed by atoms with Gasteiger partial charge in [-0.1, -0.05) is 19.9 Å². The number of ether oxygens (including phenoxy) is 1. The van der Waals surface area contributed by atoms with E-state index in [1.54, 1.807) is 24.3 Å². The molecule has 1 atom stereocenters.